The lowest BCUT2D eigenvalue weighted by Gasteiger charge is -2.12. The topological polar surface area (TPSA) is 71.5 Å². The number of benzene rings is 1. The van der Waals surface area contributed by atoms with Crippen molar-refractivity contribution in [3.05, 3.63) is 47.1 Å². The van der Waals surface area contributed by atoms with Crippen LogP contribution in [0.15, 0.2) is 56.5 Å². The third-order valence-electron chi connectivity index (χ3n) is 2.58. The molecule has 21 heavy (non-hydrogen) atoms. The molecule has 1 aromatic carbocycles. The van der Waals surface area contributed by atoms with Gasteiger partial charge in [-0.1, -0.05) is 41.5 Å². The van der Waals surface area contributed by atoms with Gasteiger partial charge in [-0.3, -0.25) is 0 Å². The van der Waals surface area contributed by atoms with E-state index in [1.54, 1.807) is 30.1 Å². The van der Waals surface area contributed by atoms with Gasteiger partial charge >= 0.3 is 0 Å². The van der Waals surface area contributed by atoms with E-state index in [1.807, 2.05) is 18.2 Å². The molecular weight excluding hydrogens is 326 g/mol. The normalized spacial score (nSPS) is 11.6. The summed E-state index contributed by atoms with van der Waals surface area (Å²) in [7, 11) is 0. The molecule has 7 heteroatoms. The number of aromatic nitrogens is 1. The monoisotopic (exact) mass is 339 g/mol. The maximum absolute atomic E-state index is 9.03. The van der Waals surface area contributed by atoms with Gasteiger partial charge in [-0.05, 0) is 30.0 Å². The zero-order chi connectivity index (χ0) is 15.2. The van der Waals surface area contributed by atoms with Gasteiger partial charge in [0.1, 0.15) is 5.03 Å². The average Bonchev–Trinajstić information content (AvgIpc) is 2.49. The highest BCUT2D eigenvalue weighted by Crippen LogP contribution is 2.37. The molecule has 1 aromatic heterocycles. The molecule has 0 atom stereocenters. The molecule has 0 unspecified atom stereocenters. The molecule has 0 fully saturated rings. The molecular formula is C14H14ClN3OS2. The Hall–Kier alpha value is -1.37. The van der Waals surface area contributed by atoms with Crippen LogP contribution in [0.5, 0.6) is 0 Å². The van der Waals surface area contributed by atoms with Gasteiger partial charge in [0.05, 0.1) is 5.02 Å². The minimum Gasteiger partial charge on any atom is -0.409 e. The van der Waals surface area contributed by atoms with Crippen LogP contribution in [0.4, 0.5) is 0 Å². The summed E-state index contributed by atoms with van der Waals surface area (Å²) in [5, 5.41) is 13.4. The predicted molar refractivity (Wildman–Crippen MR) is 88.7 cm³/mol. The van der Waals surface area contributed by atoms with Gasteiger partial charge in [0.2, 0.25) is 0 Å². The van der Waals surface area contributed by atoms with Gasteiger partial charge in [0.25, 0.3) is 0 Å². The van der Waals surface area contributed by atoms with E-state index in [0.717, 1.165) is 15.5 Å². The fraction of sp³-hybridized carbons (Fsp3) is 0.143. The summed E-state index contributed by atoms with van der Waals surface area (Å²) in [6.07, 6.45) is 1.68. The van der Waals surface area contributed by atoms with E-state index < -0.39 is 0 Å². The molecule has 0 aliphatic heterocycles. The largest absolute Gasteiger partial charge is 0.409 e. The minimum absolute atomic E-state index is 0.0844. The van der Waals surface area contributed by atoms with E-state index in [4.69, 9.17) is 22.5 Å². The van der Waals surface area contributed by atoms with Crippen LogP contribution < -0.4 is 5.73 Å². The Morgan fingerprint density at radius 3 is 2.76 bits per heavy atom. The lowest BCUT2D eigenvalue weighted by Crippen LogP contribution is -2.15. The third kappa shape index (κ3) is 3.84. The van der Waals surface area contributed by atoms with Crippen LogP contribution in [0.2, 0.25) is 5.02 Å². The standard InChI is InChI=1S/C14H14ClN3OS2/c1-2-20-10-6-3-7-11(12(10)13(16)18-19)21-14-9(15)5-4-8-17-14/h3-8,19H,2H2,1H3,(H2,16,18). The van der Waals surface area contributed by atoms with Gasteiger partial charge in [-0.25, -0.2) is 4.98 Å². The summed E-state index contributed by atoms with van der Waals surface area (Å²) >= 11 is 9.17. The Balaban J connectivity index is 2.48. The fourth-order valence-electron chi connectivity index (χ4n) is 1.72. The zero-order valence-corrected chi connectivity index (χ0v) is 13.7. The first-order chi connectivity index (χ1) is 10.2. The Morgan fingerprint density at radius 1 is 1.33 bits per heavy atom. The number of pyridine rings is 1. The molecule has 0 spiro atoms. The maximum Gasteiger partial charge on any atom is 0.172 e. The van der Waals surface area contributed by atoms with Gasteiger partial charge in [0.15, 0.2) is 5.84 Å². The van der Waals surface area contributed by atoms with Crippen molar-refractivity contribution < 1.29 is 5.21 Å². The molecule has 0 bridgehead atoms. The number of nitrogens with zero attached hydrogens (tertiary/aromatic N) is 2. The van der Waals surface area contributed by atoms with Crippen LogP contribution in [0.3, 0.4) is 0 Å². The Bertz CT molecular complexity index is 664. The van der Waals surface area contributed by atoms with Crippen LogP contribution in [0.1, 0.15) is 12.5 Å². The van der Waals surface area contributed by atoms with E-state index in [0.29, 0.717) is 15.6 Å². The molecule has 2 aromatic rings. The van der Waals surface area contributed by atoms with Crippen LogP contribution in [-0.4, -0.2) is 21.8 Å². The van der Waals surface area contributed by atoms with Crippen molar-refractivity contribution in [2.45, 2.75) is 21.7 Å². The van der Waals surface area contributed by atoms with Gasteiger partial charge in [0, 0.05) is 21.6 Å². The molecule has 1 heterocycles. The Kier molecular flexibility index (Phi) is 5.78. The summed E-state index contributed by atoms with van der Waals surface area (Å²) in [5.74, 6) is 0.977. The van der Waals surface area contributed by atoms with E-state index in [-0.39, 0.29) is 5.84 Å². The summed E-state index contributed by atoms with van der Waals surface area (Å²) in [6.45, 7) is 2.05. The second kappa shape index (κ2) is 7.59. The average molecular weight is 340 g/mol. The van der Waals surface area contributed by atoms with Crippen LogP contribution in [0.25, 0.3) is 0 Å². The Labute approximate surface area is 136 Å². The van der Waals surface area contributed by atoms with Crippen molar-refractivity contribution in [2.75, 3.05) is 5.75 Å². The molecule has 110 valence electrons. The van der Waals surface area contributed by atoms with Gasteiger partial charge in [-0.15, -0.1) is 11.8 Å². The smallest absolute Gasteiger partial charge is 0.172 e. The number of thioether (sulfide) groups is 1. The highest BCUT2D eigenvalue weighted by Gasteiger charge is 2.15. The molecule has 0 amide bonds. The summed E-state index contributed by atoms with van der Waals surface area (Å²) in [4.78, 5) is 6.07. The van der Waals surface area contributed by atoms with Crippen molar-refractivity contribution in [3.63, 3.8) is 0 Å². The number of amidine groups is 1. The first-order valence-electron chi connectivity index (χ1n) is 6.19. The molecule has 0 aliphatic rings. The summed E-state index contributed by atoms with van der Waals surface area (Å²) in [5.41, 5.74) is 6.54. The van der Waals surface area contributed by atoms with Crippen molar-refractivity contribution in [1.29, 1.82) is 0 Å². The first-order valence-corrected chi connectivity index (χ1v) is 8.37. The van der Waals surface area contributed by atoms with E-state index in [1.165, 1.54) is 11.8 Å². The highest BCUT2D eigenvalue weighted by molar-refractivity contribution is 8.00. The molecule has 2 rings (SSSR count). The molecule has 4 nitrogen and oxygen atoms in total. The predicted octanol–water partition coefficient (Wildman–Crippen LogP) is 4.09. The Morgan fingerprint density at radius 2 is 2.10 bits per heavy atom. The number of nitrogens with two attached hydrogens (primary N) is 1. The van der Waals surface area contributed by atoms with Crippen molar-refractivity contribution in [2.24, 2.45) is 10.9 Å². The molecule has 0 saturated heterocycles. The molecule has 0 radical (unpaired) electrons. The zero-order valence-electron chi connectivity index (χ0n) is 11.3. The van der Waals surface area contributed by atoms with Crippen LogP contribution in [-0.2, 0) is 0 Å². The number of rotatable bonds is 5. The van der Waals surface area contributed by atoms with Crippen LogP contribution in [0, 0.1) is 0 Å². The van der Waals surface area contributed by atoms with Crippen LogP contribution >= 0.6 is 35.1 Å². The maximum atomic E-state index is 9.03. The van der Waals surface area contributed by atoms with Gasteiger partial charge in [-0.2, -0.15) is 0 Å². The second-order valence-electron chi connectivity index (χ2n) is 3.94. The van der Waals surface area contributed by atoms with E-state index in [9.17, 15) is 0 Å². The third-order valence-corrected chi connectivity index (χ3v) is 5.02. The lowest BCUT2D eigenvalue weighted by molar-refractivity contribution is 0.318. The number of hydrogen-bond acceptors (Lipinski definition) is 5. The van der Waals surface area contributed by atoms with E-state index in [2.05, 4.69) is 17.1 Å². The molecule has 0 aliphatic carbocycles. The van der Waals surface area contributed by atoms with Crippen molar-refractivity contribution in [3.8, 4) is 0 Å². The van der Waals surface area contributed by atoms with E-state index >= 15 is 0 Å². The summed E-state index contributed by atoms with van der Waals surface area (Å²) < 4.78 is 0. The van der Waals surface area contributed by atoms with Gasteiger partial charge < -0.3 is 10.9 Å². The lowest BCUT2D eigenvalue weighted by atomic mass is 10.2. The SMILES string of the molecule is CCSc1cccc(Sc2ncccc2Cl)c1/C(N)=N/O. The highest BCUT2D eigenvalue weighted by atomic mass is 35.5. The second-order valence-corrected chi connectivity index (χ2v) is 6.68. The van der Waals surface area contributed by atoms with Crippen molar-refractivity contribution >= 4 is 41.0 Å². The fourth-order valence-corrected chi connectivity index (χ4v) is 3.82. The first kappa shape index (κ1) is 16.0. The quantitative estimate of drug-likeness (QED) is 0.282. The van der Waals surface area contributed by atoms with Crippen molar-refractivity contribution in [1.82, 2.24) is 4.98 Å². The number of halogens is 1. The number of oxime groups is 1. The molecule has 0 saturated carbocycles. The number of hydrogen-bond donors (Lipinski definition) is 2. The minimum atomic E-state index is 0.0844. The molecule has 3 N–H and O–H groups in total. The summed E-state index contributed by atoms with van der Waals surface area (Å²) in [6, 6.07) is 9.35.